The number of aryl methyl sites for hydroxylation is 1. The largest absolute Gasteiger partial charge is 0.393 e. The lowest BCUT2D eigenvalue weighted by molar-refractivity contribution is -0.383. The molecule has 9 nitrogen and oxygen atoms in total. The number of likely N-dealkylation sites (tertiary alicyclic amines) is 1. The Hall–Kier alpha value is -4.24. The molecule has 0 aliphatic carbocycles. The van der Waals surface area contributed by atoms with Gasteiger partial charge in [-0.2, -0.15) is 0 Å². The number of carbonyl (C=O) groups is 1. The van der Waals surface area contributed by atoms with E-state index in [2.05, 4.69) is 71.0 Å². The molecule has 4 aromatic rings. The Morgan fingerprint density at radius 1 is 0.955 bits per heavy atom. The summed E-state index contributed by atoms with van der Waals surface area (Å²) in [4.78, 5) is 33.8. The third-order valence-electron chi connectivity index (χ3n) is 10.7. The van der Waals surface area contributed by atoms with E-state index in [1.165, 1.54) is 36.1 Å². The van der Waals surface area contributed by atoms with E-state index < -0.39 is 4.92 Å². The number of nitrogens with zero attached hydrogens (tertiary/aromatic N) is 5. The number of benzene rings is 3. The SMILES string of the molecule is Cc1nc2ccccc2n1C1C[C@H]2CC[C@@H](C1)N2CCC1(c2ccccc2)CCN(C(=O)c2cccc([N+](=O)[O-])c2N)CC1. The van der Waals surface area contributed by atoms with Crippen molar-refractivity contribution in [2.24, 2.45) is 0 Å². The topological polar surface area (TPSA) is 111 Å². The quantitative estimate of drug-likeness (QED) is 0.154. The van der Waals surface area contributed by atoms with Gasteiger partial charge in [0.15, 0.2) is 0 Å². The minimum absolute atomic E-state index is 0.0281. The van der Waals surface area contributed by atoms with Crippen molar-refractivity contribution in [1.82, 2.24) is 19.4 Å². The molecule has 228 valence electrons. The molecule has 1 aromatic heterocycles. The average molecular weight is 593 g/mol. The molecule has 3 aliphatic rings. The predicted molar refractivity (Wildman–Crippen MR) is 172 cm³/mol. The monoisotopic (exact) mass is 592 g/mol. The molecular weight excluding hydrogens is 552 g/mol. The van der Waals surface area contributed by atoms with Crippen LogP contribution in [0.15, 0.2) is 72.8 Å². The maximum atomic E-state index is 13.5. The highest BCUT2D eigenvalue weighted by atomic mass is 16.6. The number of nitrogens with two attached hydrogens (primary N) is 1. The summed E-state index contributed by atoms with van der Waals surface area (Å²) in [6.45, 7) is 4.38. The first-order valence-corrected chi connectivity index (χ1v) is 15.9. The first-order chi connectivity index (χ1) is 21.3. The van der Waals surface area contributed by atoms with E-state index in [1.807, 2.05) is 4.90 Å². The highest BCUT2D eigenvalue weighted by molar-refractivity contribution is 6.01. The van der Waals surface area contributed by atoms with Gasteiger partial charge in [0.25, 0.3) is 11.6 Å². The van der Waals surface area contributed by atoms with E-state index in [4.69, 9.17) is 10.7 Å². The molecule has 3 atom stereocenters. The predicted octanol–water partition coefficient (Wildman–Crippen LogP) is 6.27. The third kappa shape index (κ3) is 4.93. The van der Waals surface area contributed by atoms with Gasteiger partial charge in [-0.3, -0.25) is 19.8 Å². The number of fused-ring (bicyclic) bond motifs is 3. The van der Waals surface area contributed by atoms with Crippen LogP contribution in [0, 0.1) is 17.0 Å². The Bertz CT molecular complexity index is 1680. The van der Waals surface area contributed by atoms with Crippen LogP contribution in [0.25, 0.3) is 11.0 Å². The molecule has 0 radical (unpaired) electrons. The van der Waals surface area contributed by atoms with Crippen LogP contribution in [0.5, 0.6) is 0 Å². The first-order valence-electron chi connectivity index (χ1n) is 15.9. The normalized spacial score (nSPS) is 23.2. The number of anilines is 1. The molecule has 1 amide bonds. The second-order valence-corrected chi connectivity index (χ2v) is 12.9. The number of hydrogen-bond donors (Lipinski definition) is 1. The van der Waals surface area contributed by atoms with Gasteiger partial charge in [-0.1, -0.05) is 48.5 Å². The van der Waals surface area contributed by atoms with Crippen molar-refractivity contribution >= 4 is 28.3 Å². The van der Waals surface area contributed by atoms with Gasteiger partial charge in [-0.25, -0.2) is 4.98 Å². The zero-order valence-electron chi connectivity index (χ0n) is 25.3. The number of carbonyl (C=O) groups excluding carboxylic acids is 1. The maximum Gasteiger partial charge on any atom is 0.292 e. The zero-order valence-corrected chi connectivity index (χ0v) is 25.3. The van der Waals surface area contributed by atoms with Crippen LogP contribution in [0.3, 0.4) is 0 Å². The molecule has 44 heavy (non-hydrogen) atoms. The number of rotatable bonds is 7. The molecule has 0 spiro atoms. The Balaban J connectivity index is 1.07. The minimum Gasteiger partial charge on any atom is -0.393 e. The summed E-state index contributed by atoms with van der Waals surface area (Å²) in [5, 5.41) is 11.4. The lowest BCUT2D eigenvalue weighted by Crippen LogP contribution is -2.49. The number of nitrogen functional groups attached to an aromatic ring is 1. The number of para-hydroxylation sites is 3. The van der Waals surface area contributed by atoms with Crippen molar-refractivity contribution in [2.75, 3.05) is 25.4 Å². The Morgan fingerprint density at radius 2 is 1.64 bits per heavy atom. The van der Waals surface area contributed by atoms with Crippen LogP contribution in [0.2, 0.25) is 0 Å². The standard InChI is InChI=1S/C35H40N6O3/c1-24-37-30-11-5-6-12-31(30)40(24)28-22-26-14-15-27(23-28)39(26)21-18-35(25-8-3-2-4-9-25)16-19-38(20-17-35)34(42)29-10-7-13-32(33(29)36)41(43)44/h2-13,26-28H,14-23,36H2,1H3/t26-,27+,28?. The summed E-state index contributed by atoms with van der Waals surface area (Å²) < 4.78 is 2.49. The second kappa shape index (κ2) is 11.4. The maximum absolute atomic E-state index is 13.5. The number of nitro groups is 1. The van der Waals surface area contributed by atoms with Gasteiger partial charge in [0, 0.05) is 37.3 Å². The molecular formula is C35H40N6O3. The summed E-state index contributed by atoms with van der Waals surface area (Å²) in [5.41, 5.74) is 9.66. The summed E-state index contributed by atoms with van der Waals surface area (Å²) in [6.07, 6.45) is 7.55. The van der Waals surface area contributed by atoms with E-state index in [9.17, 15) is 14.9 Å². The molecule has 9 heteroatoms. The number of nitro benzene ring substituents is 1. The summed E-state index contributed by atoms with van der Waals surface area (Å²) in [7, 11) is 0. The lowest BCUT2D eigenvalue weighted by atomic mass is 9.70. The van der Waals surface area contributed by atoms with Crippen molar-refractivity contribution in [2.45, 2.75) is 75.4 Å². The van der Waals surface area contributed by atoms with Crippen LogP contribution < -0.4 is 5.73 Å². The van der Waals surface area contributed by atoms with Crippen LogP contribution in [0.1, 0.15) is 72.7 Å². The van der Waals surface area contributed by atoms with Crippen molar-refractivity contribution in [3.8, 4) is 0 Å². The fourth-order valence-corrected chi connectivity index (χ4v) is 8.47. The second-order valence-electron chi connectivity index (χ2n) is 12.9. The van der Waals surface area contributed by atoms with Crippen molar-refractivity contribution in [3.05, 3.63) is 99.9 Å². The van der Waals surface area contributed by atoms with E-state index in [0.29, 0.717) is 31.2 Å². The zero-order chi connectivity index (χ0) is 30.4. The van der Waals surface area contributed by atoms with Gasteiger partial charge in [-0.05, 0) is 87.6 Å². The molecule has 2 N–H and O–H groups in total. The summed E-state index contributed by atoms with van der Waals surface area (Å²) in [5.74, 6) is 0.885. The highest BCUT2D eigenvalue weighted by Crippen LogP contribution is 2.45. The molecule has 7 rings (SSSR count). The van der Waals surface area contributed by atoms with Crippen LogP contribution in [-0.4, -0.2) is 61.9 Å². The lowest BCUT2D eigenvalue weighted by Gasteiger charge is -2.45. The van der Waals surface area contributed by atoms with Gasteiger partial charge in [0.1, 0.15) is 11.5 Å². The number of aromatic nitrogens is 2. The van der Waals surface area contributed by atoms with Crippen LogP contribution >= 0.6 is 0 Å². The molecule has 2 bridgehead atoms. The van der Waals surface area contributed by atoms with E-state index in [-0.39, 0.29) is 28.3 Å². The molecule has 3 fully saturated rings. The smallest absolute Gasteiger partial charge is 0.292 e. The Kier molecular flexibility index (Phi) is 7.36. The van der Waals surface area contributed by atoms with Crippen molar-refractivity contribution in [1.29, 1.82) is 0 Å². The average Bonchev–Trinajstić information content (AvgIpc) is 3.50. The van der Waals surface area contributed by atoms with Gasteiger partial charge in [0.05, 0.1) is 21.5 Å². The number of hydrogen-bond acceptors (Lipinski definition) is 6. The molecule has 3 aliphatic heterocycles. The fourth-order valence-electron chi connectivity index (χ4n) is 8.47. The Morgan fingerprint density at radius 3 is 2.34 bits per heavy atom. The first kappa shape index (κ1) is 28.5. The van der Waals surface area contributed by atoms with Crippen molar-refractivity contribution < 1.29 is 9.72 Å². The number of amides is 1. The summed E-state index contributed by atoms with van der Waals surface area (Å²) in [6, 6.07) is 25.4. The van der Waals surface area contributed by atoms with Crippen LogP contribution in [-0.2, 0) is 5.41 Å². The minimum atomic E-state index is -0.530. The molecule has 1 unspecified atom stereocenters. The van der Waals surface area contributed by atoms with E-state index in [0.717, 1.165) is 50.0 Å². The fraction of sp³-hybridized carbons (Fsp3) is 0.429. The third-order valence-corrected chi connectivity index (χ3v) is 10.7. The van der Waals surface area contributed by atoms with Gasteiger partial charge < -0.3 is 15.2 Å². The van der Waals surface area contributed by atoms with Crippen LogP contribution in [0.4, 0.5) is 11.4 Å². The van der Waals surface area contributed by atoms with Gasteiger partial charge in [-0.15, -0.1) is 0 Å². The number of piperidine rings is 2. The molecule has 0 saturated carbocycles. The van der Waals surface area contributed by atoms with Gasteiger partial charge >= 0.3 is 0 Å². The highest BCUT2D eigenvalue weighted by Gasteiger charge is 2.44. The summed E-state index contributed by atoms with van der Waals surface area (Å²) >= 11 is 0. The molecule has 3 aromatic carbocycles. The van der Waals surface area contributed by atoms with E-state index in [1.54, 1.807) is 6.07 Å². The van der Waals surface area contributed by atoms with E-state index >= 15 is 0 Å². The van der Waals surface area contributed by atoms with Gasteiger partial charge in [0.2, 0.25) is 0 Å². The van der Waals surface area contributed by atoms with Crippen molar-refractivity contribution in [3.63, 3.8) is 0 Å². The molecule has 3 saturated heterocycles. The Labute approximate surface area is 257 Å². The number of imidazole rings is 1. The molecule has 4 heterocycles.